The van der Waals surface area contributed by atoms with Crippen molar-refractivity contribution in [3.05, 3.63) is 72.0 Å². The average Bonchev–Trinajstić information content (AvgIpc) is 2.76. The van der Waals surface area contributed by atoms with Crippen molar-refractivity contribution in [2.75, 3.05) is 12.4 Å². The van der Waals surface area contributed by atoms with E-state index in [9.17, 15) is 9.59 Å². The van der Waals surface area contributed by atoms with Crippen molar-refractivity contribution in [3.8, 4) is 5.75 Å². The Kier molecular flexibility index (Phi) is 12.7. The molecular formula is C26H32KNO3-2. The van der Waals surface area contributed by atoms with E-state index in [0.717, 1.165) is 53.8 Å². The van der Waals surface area contributed by atoms with E-state index in [1.807, 2.05) is 43.5 Å². The first kappa shape index (κ1) is 27.9. The Morgan fingerprint density at radius 1 is 1.23 bits per heavy atom. The second-order valence-electron chi connectivity index (χ2n) is 7.94. The molecule has 0 unspecified atom stereocenters. The predicted molar refractivity (Wildman–Crippen MR) is 122 cm³/mol. The third-order valence-electron chi connectivity index (χ3n) is 5.43. The Morgan fingerprint density at radius 3 is 2.48 bits per heavy atom. The molecule has 0 heterocycles. The van der Waals surface area contributed by atoms with Crippen molar-refractivity contribution in [2.45, 2.75) is 52.4 Å². The maximum Gasteiger partial charge on any atom is 1.00 e. The van der Waals surface area contributed by atoms with Crippen LogP contribution in [0.4, 0.5) is 5.69 Å². The minimum atomic E-state index is 0. The molecule has 2 aromatic carbocycles. The molecule has 1 N–H and O–H groups in total. The number of nitrogens with one attached hydrogen (secondary N) is 1. The molecule has 0 radical (unpaired) electrons. The molecule has 0 bridgehead atoms. The zero-order valence-electron chi connectivity index (χ0n) is 19.5. The standard InChI is InChI=1S/C15H20NO2.C11H12O.K/c1-11-8-9-13(10-14(11)18-2)16-15(17)12-6-4-3-5-7-12;1-8(2)11-6-4-5-10(7-12)9(11)3;/h3,8-10,12H,4-7H2,1-2H3,(H,16,17);4-6,8H,3H2,1-2H3;/q-1;-2;+1. The fourth-order valence-corrected chi connectivity index (χ4v) is 3.57. The maximum absolute atomic E-state index is 12.1. The van der Waals surface area contributed by atoms with E-state index in [2.05, 4.69) is 32.5 Å². The Bertz CT molecular complexity index is 858. The summed E-state index contributed by atoms with van der Waals surface area (Å²) >= 11 is 0. The number of aryl methyl sites for hydroxylation is 1. The number of rotatable bonds is 5. The number of ether oxygens (including phenoxy) is 1. The SMILES string of the molecule is COc1cc(NC(=O)C2CC[CH-]CC2)ccc1C.[CH2-]c1c([C-]=O)cccc1C(C)C.[K+]. The van der Waals surface area contributed by atoms with E-state index in [1.54, 1.807) is 13.2 Å². The minimum Gasteiger partial charge on any atom is -0.496 e. The van der Waals surface area contributed by atoms with Crippen LogP contribution in [0.1, 0.15) is 67.7 Å². The molecule has 0 saturated heterocycles. The molecule has 0 spiro atoms. The van der Waals surface area contributed by atoms with Gasteiger partial charge >= 0.3 is 51.4 Å². The number of carbonyl (C=O) groups is 1. The molecule has 3 rings (SSSR count). The first-order valence-corrected chi connectivity index (χ1v) is 10.5. The van der Waals surface area contributed by atoms with Crippen molar-refractivity contribution < 1.29 is 65.7 Å². The summed E-state index contributed by atoms with van der Waals surface area (Å²) in [6.07, 6.45) is 8.18. The number of benzene rings is 2. The van der Waals surface area contributed by atoms with Gasteiger partial charge in [0.1, 0.15) is 5.75 Å². The first-order valence-electron chi connectivity index (χ1n) is 10.5. The second-order valence-corrected chi connectivity index (χ2v) is 7.94. The number of hydrogen-bond acceptors (Lipinski definition) is 3. The third-order valence-corrected chi connectivity index (χ3v) is 5.43. The van der Waals surface area contributed by atoms with Crippen molar-refractivity contribution >= 4 is 17.9 Å². The van der Waals surface area contributed by atoms with Gasteiger partial charge in [-0.3, -0.25) is 22.8 Å². The molecule has 0 atom stereocenters. The molecule has 0 aliphatic heterocycles. The van der Waals surface area contributed by atoms with Crippen LogP contribution in [-0.4, -0.2) is 19.3 Å². The Morgan fingerprint density at radius 2 is 1.90 bits per heavy atom. The van der Waals surface area contributed by atoms with Crippen LogP contribution in [0.5, 0.6) is 5.75 Å². The van der Waals surface area contributed by atoms with Crippen LogP contribution >= 0.6 is 0 Å². The molecule has 162 valence electrons. The molecule has 1 fully saturated rings. The van der Waals surface area contributed by atoms with Gasteiger partial charge in [0.2, 0.25) is 5.91 Å². The predicted octanol–water partition coefficient (Wildman–Crippen LogP) is 2.79. The van der Waals surface area contributed by atoms with E-state index >= 15 is 0 Å². The van der Waals surface area contributed by atoms with Crippen molar-refractivity contribution in [3.63, 3.8) is 0 Å². The summed E-state index contributed by atoms with van der Waals surface area (Å²) in [4.78, 5) is 22.5. The number of amides is 1. The van der Waals surface area contributed by atoms with Gasteiger partial charge in [-0.05, 0) is 24.8 Å². The first-order chi connectivity index (χ1) is 14.4. The molecule has 1 saturated carbocycles. The summed E-state index contributed by atoms with van der Waals surface area (Å²) < 4.78 is 5.26. The van der Waals surface area contributed by atoms with E-state index in [1.165, 1.54) is 0 Å². The van der Waals surface area contributed by atoms with Crippen LogP contribution in [0.15, 0.2) is 36.4 Å². The van der Waals surface area contributed by atoms with Gasteiger partial charge in [0.25, 0.3) is 0 Å². The molecule has 5 heteroatoms. The van der Waals surface area contributed by atoms with Crippen LogP contribution in [0.2, 0.25) is 0 Å². The number of carbonyl (C=O) groups excluding carboxylic acids is 2. The summed E-state index contributed by atoms with van der Waals surface area (Å²) in [5, 5.41) is 2.98. The monoisotopic (exact) mass is 445 g/mol. The van der Waals surface area contributed by atoms with Gasteiger partial charge in [-0.1, -0.05) is 38.7 Å². The van der Waals surface area contributed by atoms with Crippen molar-refractivity contribution in [2.24, 2.45) is 5.92 Å². The smallest absolute Gasteiger partial charge is 0.496 e. The van der Waals surface area contributed by atoms with Gasteiger partial charge in [0, 0.05) is 17.7 Å². The van der Waals surface area contributed by atoms with Crippen molar-refractivity contribution in [1.82, 2.24) is 0 Å². The van der Waals surface area contributed by atoms with Gasteiger partial charge in [0.15, 0.2) is 0 Å². The fraction of sp³-hybridized carbons (Fsp3) is 0.385. The third kappa shape index (κ3) is 8.39. The number of hydrogen-bond donors (Lipinski definition) is 1. The van der Waals surface area contributed by atoms with Gasteiger partial charge in [-0.2, -0.15) is 12.8 Å². The van der Waals surface area contributed by atoms with Crippen LogP contribution in [0.3, 0.4) is 0 Å². The summed E-state index contributed by atoms with van der Waals surface area (Å²) in [5.41, 5.74) is 4.39. The topological polar surface area (TPSA) is 55.4 Å². The average molecular weight is 446 g/mol. The normalized spacial score (nSPS) is 13.5. The Labute approximate surface area is 230 Å². The van der Waals surface area contributed by atoms with E-state index < -0.39 is 0 Å². The number of methoxy groups -OCH3 is 1. The Balaban J connectivity index is 0.000000324. The molecule has 1 aliphatic rings. The zero-order chi connectivity index (χ0) is 22.1. The zero-order valence-corrected chi connectivity index (χ0v) is 22.6. The Hall–Kier alpha value is -1.11. The molecule has 2 aromatic rings. The molecule has 31 heavy (non-hydrogen) atoms. The van der Waals surface area contributed by atoms with Crippen LogP contribution in [0, 0.1) is 26.2 Å². The number of anilines is 1. The van der Waals surface area contributed by atoms with E-state index in [-0.39, 0.29) is 63.2 Å². The quantitative estimate of drug-likeness (QED) is 0.569. The summed E-state index contributed by atoms with van der Waals surface area (Å²) in [5.74, 6) is 1.51. The molecule has 0 aromatic heterocycles. The van der Waals surface area contributed by atoms with Gasteiger partial charge in [-0.25, -0.2) is 11.6 Å². The van der Waals surface area contributed by atoms with Crippen LogP contribution in [0.25, 0.3) is 0 Å². The minimum absolute atomic E-state index is 0. The van der Waals surface area contributed by atoms with Gasteiger partial charge in [0.05, 0.1) is 7.11 Å². The molecule has 1 amide bonds. The van der Waals surface area contributed by atoms with Crippen LogP contribution < -0.4 is 61.4 Å². The fourth-order valence-electron chi connectivity index (χ4n) is 3.57. The van der Waals surface area contributed by atoms with E-state index in [0.29, 0.717) is 11.5 Å². The molecule has 1 aliphatic carbocycles. The maximum atomic E-state index is 12.1. The van der Waals surface area contributed by atoms with E-state index in [4.69, 9.17) is 4.74 Å². The van der Waals surface area contributed by atoms with Crippen molar-refractivity contribution in [1.29, 1.82) is 0 Å². The summed E-state index contributed by atoms with van der Waals surface area (Å²) in [7, 11) is 1.64. The summed E-state index contributed by atoms with van der Waals surface area (Å²) in [6, 6.07) is 11.4. The summed E-state index contributed by atoms with van der Waals surface area (Å²) in [6.45, 7) is 10.0. The molecular weight excluding hydrogens is 413 g/mol. The largest absolute Gasteiger partial charge is 1.00 e. The second kappa shape index (κ2) is 14.1. The molecule has 4 nitrogen and oxygen atoms in total. The van der Waals surface area contributed by atoms with Gasteiger partial charge in [-0.15, -0.1) is 12.1 Å². The van der Waals surface area contributed by atoms with Crippen LogP contribution in [-0.2, 0) is 9.59 Å². The van der Waals surface area contributed by atoms with Gasteiger partial charge < -0.3 is 21.3 Å².